The second-order valence-electron chi connectivity index (χ2n) is 0. The third-order valence-electron chi connectivity index (χ3n) is 0. The molecule has 1 radical (unpaired) electrons. The zero-order chi connectivity index (χ0) is 0. The van der Waals surface area contributed by atoms with E-state index in [1.807, 2.05) is 0 Å². The standard InChI is InChI=1S/Fe.4H2O/h;4*1H2/q+3;;;;. The maximum absolute atomic E-state index is 0. The molecule has 0 bridgehead atoms. The Hall–Kier alpha value is 0.359. The summed E-state index contributed by atoms with van der Waals surface area (Å²) in [5.74, 6) is 0. The summed E-state index contributed by atoms with van der Waals surface area (Å²) in [6.45, 7) is 0. The van der Waals surface area contributed by atoms with Crippen molar-refractivity contribution in [3.8, 4) is 0 Å². The molecule has 5 heteroatoms. The van der Waals surface area contributed by atoms with E-state index in [0.29, 0.717) is 0 Å². The minimum atomic E-state index is 0. The largest absolute Gasteiger partial charge is 3.00 e. The maximum atomic E-state index is 0. The van der Waals surface area contributed by atoms with Crippen LogP contribution in [0.4, 0.5) is 0 Å². The van der Waals surface area contributed by atoms with E-state index in [1.165, 1.54) is 0 Å². The third-order valence-corrected chi connectivity index (χ3v) is 0. The number of hydrogen-bond donors (Lipinski definition) is 0. The van der Waals surface area contributed by atoms with Gasteiger partial charge in [-0.1, -0.05) is 0 Å². The van der Waals surface area contributed by atoms with Gasteiger partial charge in [-0.3, -0.25) is 0 Å². The van der Waals surface area contributed by atoms with Gasteiger partial charge in [0.25, 0.3) is 0 Å². The second-order valence-corrected chi connectivity index (χ2v) is 0. The average molecular weight is 128 g/mol. The van der Waals surface area contributed by atoms with Crippen LogP contribution in [0.2, 0.25) is 0 Å². The maximum Gasteiger partial charge on any atom is 3.00 e. The molecular formula is H8FeO4+3. The fourth-order valence-electron chi connectivity index (χ4n) is 0. The zero-order valence-corrected chi connectivity index (χ0v) is 3.46. The molecule has 0 spiro atoms. The summed E-state index contributed by atoms with van der Waals surface area (Å²) in [7, 11) is 0. The van der Waals surface area contributed by atoms with Gasteiger partial charge in [-0.15, -0.1) is 0 Å². The first-order valence-corrected chi connectivity index (χ1v) is 0. The van der Waals surface area contributed by atoms with Gasteiger partial charge in [0.1, 0.15) is 0 Å². The Morgan fingerprint density at radius 3 is 0.400 bits per heavy atom. The van der Waals surface area contributed by atoms with Crippen LogP contribution in [0.15, 0.2) is 0 Å². The van der Waals surface area contributed by atoms with Crippen molar-refractivity contribution in [1.29, 1.82) is 0 Å². The van der Waals surface area contributed by atoms with Crippen LogP contribution < -0.4 is 0 Å². The monoisotopic (exact) mass is 128 g/mol. The average Bonchev–Trinajstić information content (AvgIpc) is 0. The van der Waals surface area contributed by atoms with Crippen LogP contribution in [0.1, 0.15) is 0 Å². The van der Waals surface area contributed by atoms with Crippen molar-refractivity contribution in [2.24, 2.45) is 0 Å². The molecule has 0 rings (SSSR count). The van der Waals surface area contributed by atoms with Crippen LogP contribution in [0, 0.1) is 0 Å². The Bertz CT molecular complexity index is 3.61. The van der Waals surface area contributed by atoms with Gasteiger partial charge in [0, 0.05) is 0 Å². The van der Waals surface area contributed by atoms with Crippen molar-refractivity contribution in [3.05, 3.63) is 0 Å². The van der Waals surface area contributed by atoms with Crippen LogP contribution in [-0.2, 0) is 17.1 Å². The van der Waals surface area contributed by atoms with Crippen LogP contribution >= 0.6 is 0 Å². The quantitative estimate of drug-likeness (QED) is 0.303. The van der Waals surface area contributed by atoms with Crippen LogP contribution in [0.3, 0.4) is 0 Å². The Morgan fingerprint density at radius 1 is 0.400 bits per heavy atom. The molecule has 0 unspecified atom stereocenters. The number of hydrogen-bond acceptors (Lipinski definition) is 0. The fourth-order valence-corrected chi connectivity index (χ4v) is 0. The summed E-state index contributed by atoms with van der Waals surface area (Å²) in [4.78, 5) is 0. The Balaban J connectivity index is 0. The molecule has 0 saturated carbocycles. The van der Waals surface area contributed by atoms with Crippen molar-refractivity contribution >= 4 is 0 Å². The molecule has 37 valence electrons. The van der Waals surface area contributed by atoms with Gasteiger partial charge in [-0.05, 0) is 0 Å². The molecule has 0 aromatic heterocycles. The van der Waals surface area contributed by atoms with Crippen molar-refractivity contribution in [2.45, 2.75) is 0 Å². The van der Waals surface area contributed by atoms with Crippen molar-refractivity contribution < 1.29 is 39.0 Å². The molecule has 0 atom stereocenters. The summed E-state index contributed by atoms with van der Waals surface area (Å²) in [6, 6.07) is 0. The van der Waals surface area contributed by atoms with E-state index in [1.54, 1.807) is 0 Å². The van der Waals surface area contributed by atoms with Crippen molar-refractivity contribution in [1.82, 2.24) is 0 Å². The minimum Gasteiger partial charge on any atom is -0.412 e. The van der Waals surface area contributed by atoms with Crippen LogP contribution in [0.25, 0.3) is 0 Å². The van der Waals surface area contributed by atoms with Crippen LogP contribution in [-0.4, -0.2) is 21.9 Å². The summed E-state index contributed by atoms with van der Waals surface area (Å²) in [5.41, 5.74) is 0. The van der Waals surface area contributed by atoms with Gasteiger partial charge in [-0.25, -0.2) is 0 Å². The normalized spacial score (nSPS) is 0. The van der Waals surface area contributed by atoms with E-state index in [0.717, 1.165) is 0 Å². The van der Waals surface area contributed by atoms with Crippen molar-refractivity contribution in [2.75, 3.05) is 0 Å². The Kier molecular flexibility index (Phi) is 60000. The number of rotatable bonds is 0. The molecule has 0 amide bonds. The summed E-state index contributed by atoms with van der Waals surface area (Å²) in [5, 5.41) is 0. The molecule has 0 aliphatic rings. The van der Waals surface area contributed by atoms with E-state index in [9.17, 15) is 0 Å². The van der Waals surface area contributed by atoms with E-state index in [-0.39, 0.29) is 39.0 Å². The Labute approximate surface area is 39.9 Å². The van der Waals surface area contributed by atoms with Gasteiger partial charge < -0.3 is 21.9 Å². The van der Waals surface area contributed by atoms with E-state index < -0.39 is 0 Å². The molecule has 0 aliphatic heterocycles. The van der Waals surface area contributed by atoms with Gasteiger partial charge in [-0.2, -0.15) is 0 Å². The summed E-state index contributed by atoms with van der Waals surface area (Å²) >= 11 is 0. The van der Waals surface area contributed by atoms with Gasteiger partial charge in [0.05, 0.1) is 0 Å². The smallest absolute Gasteiger partial charge is 0.412 e. The molecule has 5 heavy (non-hydrogen) atoms. The molecule has 0 aromatic carbocycles. The van der Waals surface area contributed by atoms with Gasteiger partial charge in [0.15, 0.2) is 0 Å². The molecule has 0 aliphatic carbocycles. The minimum absolute atomic E-state index is 0. The topological polar surface area (TPSA) is 126 Å². The van der Waals surface area contributed by atoms with E-state index in [4.69, 9.17) is 0 Å². The zero-order valence-electron chi connectivity index (χ0n) is 2.35. The molecule has 0 heterocycles. The Morgan fingerprint density at radius 2 is 0.400 bits per heavy atom. The molecule has 4 nitrogen and oxygen atoms in total. The predicted octanol–water partition coefficient (Wildman–Crippen LogP) is -3.30. The summed E-state index contributed by atoms with van der Waals surface area (Å²) < 4.78 is 0. The SMILES string of the molecule is O.O.O.O.[Fe+3]. The predicted molar refractivity (Wildman–Crippen MR) is 14.5 cm³/mol. The molecule has 0 saturated heterocycles. The first-order chi connectivity index (χ1) is 0. The van der Waals surface area contributed by atoms with E-state index >= 15 is 0 Å². The summed E-state index contributed by atoms with van der Waals surface area (Å²) in [6.07, 6.45) is 0. The first kappa shape index (κ1) is 788. The molecule has 0 aromatic rings. The van der Waals surface area contributed by atoms with Gasteiger partial charge >= 0.3 is 17.1 Å². The van der Waals surface area contributed by atoms with Crippen molar-refractivity contribution in [3.63, 3.8) is 0 Å². The second kappa shape index (κ2) is 381. The van der Waals surface area contributed by atoms with E-state index in [2.05, 4.69) is 0 Å². The third kappa shape index (κ3) is 188. The molecular weight excluding hydrogens is 120 g/mol. The van der Waals surface area contributed by atoms with Gasteiger partial charge in [0.2, 0.25) is 0 Å². The fraction of sp³-hybridized carbons (Fsp3) is 0. The van der Waals surface area contributed by atoms with Crippen LogP contribution in [0.5, 0.6) is 0 Å². The first-order valence-electron chi connectivity index (χ1n) is 0. The molecule has 8 N–H and O–H groups in total. The molecule has 0 fully saturated rings.